The van der Waals surface area contributed by atoms with Crippen LogP contribution in [-0.2, 0) is 11.2 Å². The van der Waals surface area contributed by atoms with E-state index in [1.165, 1.54) is 0 Å². The highest BCUT2D eigenvalue weighted by molar-refractivity contribution is 6.35. The summed E-state index contributed by atoms with van der Waals surface area (Å²) in [5.74, 6) is 1.45. The summed E-state index contributed by atoms with van der Waals surface area (Å²) in [6.07, 6.45) is 0.625. The standard InChI is InChI=1S/C23H25N3O3/c1-13(2)21-22(27)20(19-9-14-7-5-6-8-18(14)25-19)23(24)26(21)15-10-16(28-3)12-17(11-15)29-4/h5-8,10-13,21,24-25H,9H2,1-4H3/t21-/m0/s1. The lowest BCUT2D eigenvalue weighted by molar-refractivity contribution is -0.116. The molecule has 0 saturated carbocycles. The Hall–Kier alpha value is -3.28. The van der Waals surface area contributed by atoms with Crippen molar-refractivity contribution in [2.45, 2.75) is 26.3 Å². The highest BCUT2D eigenvalue weighted by atomic mass is 16.5. The molecule has 2 aliphatic heterocycles. The monoisotopic (exact) mass is 391 g/mol. The van der Waals surface area contributed by atoms with E-state index in [2.05, 4.69) is 5.32 Å². The van der Waals surface area contributed by atoms with Crippen LogP contribution in [0.1, 0.15) is 19.4 Å². The molecule has 0 amide bonds. The minimum atomic E-state index is -0.452. The van der Waals surface area contributed by atoms with Crippen molar-refractivity contribution in [2.75, 3.05) is 24.4 Å². The van der Waals surface area contributed by atoms with Crippen LogP contribution in [0.15, 0.2) is 53.7 Å². The molecular formula is C23H25N3O3. The smallest absolute Gasteiger partial charge is 0.191 e. The number of para-hydroxylation sites is 1. The van der Waals surface area contributed by atoms with Gasteiger partial charge in [0.05, 0.1) is 25.5 Å². The molecule has 0 aliphatic carbocycles. The second-order valence-corrected chi connectivity index (χ2v) is 7.66. The molecule has 1 atom stereocenters. The first-order valence-electron chi connectivity index (χ1n) is 9.68. The van der Waals surface area contributed by atoms with Crippen molar-refractivity contribution < 1.29 is 14.3 Å². The summed E-state index contributed by atoms with van der Waals surface area (Å²) in [7, 11) is 3.18. The summed E-state index contributed by atoms with van der Waals surface area (Å²) in [5, 5.41) is 12.3. The van der Waals surface area contributed by atoms with Gasteiger partial charge in [-0.1, -0.05) is 32.0 Å². The molecule has 0 spiro atoms. The van der Waals surface area contributed by atoms with Gasteiger partial charge in [-0.2, -0.15) is 0 Å². The van der Waals surface area contributed by atoms with Crippen LogP contribution in [0.5, 0.6) is 11.5 Å². The van der Waals surface area contributed by atoms with Gasteiger partial charge in [0.2, 0.25) is 0 Å². The van der Waals surface area contributed by atoms with E-state index in [0.29, 0.717) is 29.2 Å². The third kappa shape index (κ3) is 3.14. The van der Waals surface area contributed by atoms with Crippen molar-refractivity contribution in [3.8, 4) is 11.5 Å². The van der Waals surface area contributed by atoms with Crippen LogP contribution in [0.3, 0.4) is 0 Å². The lowest BCUT2D eigenvalue weighted by Crippen LogP contribution is -2.39. The lowest BCUT2D eigenvalue weighted by atomic mass is 9.97. The van der Waals surface area contributed by atoms with Crippen molar-refractivity contribution in [1.29, 1.82) is 5.41 Å². The van der Waals surface area contributed by atoms with Gasteiger partial charge in [-0.05, 0) is 17.5 Å². The summed E-state index contributed by atoms with van der Waals surface area (Å²) in [4.78, 5) is 15.2. The number of carbonyl (C=O) groups excluding carboxylic acids is 1. The molecule has 2 aromatic carbocycles. The van der Waals surface area contributed by atoms with Gasteiger partial charge < -0.3 is 19.7 Å². The quantitative estimate of drug-likeness (QED) is 0.770. The molecule has 6 nitrogen and oxygen atoms in total. The van der Waals surface area contributed by atoms with E-state index >= 15 is 0 Å². The van der Waals surface area contributed by atoms with E-state index in [0.717, 1.165) is 16.9 Å². The molecule has 1 saturated heterocycles. The fraction of sp³-hybridized carbons (Fsp3) is 0.304. The van der Waals surface area contributed by atoms with E-state index < -0.39 is 6.04 Å². The number of ketones is 1. The summed E-state index contributed by atoms with van der Waals surface area (Å²) in [6.45, 7) is 4.01. The molecule has 4 rings (SSSR count). The number of benzene rings is 2. The lowest BCUT2D eigenvalue weighted by Gasteiger charge is -2.28. The zero-order chi connectivity index (χ0) is 20.7. The molecule has 1 fully saturated rings. The van der Waals surface area contributed by atoms with Crippen molar-refractivity contribution >= 4 is 23.0 Å². The number of carbonyl (C=O) groups is 1. The molecular weight excluding hydrogens is 366 g/mol. The van der Waals surface area contributed by atoms with Crippen molar-refractivity contribution in [1.82, 2.24) is 0 Å². The first-order chi connectivity index (χ1) is 13.9. The Labute approximate surface area is 170 Å². The van der Waals surface area contributed by atoms with Crippen molar-refractivity contribution in [2.24, 2.45) is 5.92 Å². The minimum Gasteiger partial charge on any atom is -0.497 e. The Balaban J connectivity index is 1.81. The van der Waals surface area contributed by atoms with Gasteiger partial charge in [0, 0.05) is 36.0 Å². The maximum Gasteiger partial charge on any atom is 0.191 e. The number of nitrogens with zero attached hydrogens (tertiary/aromatic N) is 1. The van der Waals surface area contributed by atoms with Crippen LogP contribution in [0, 0.1) is 11.3 Å². The Morgan fingerprint density at radius 2 is 1.76 bits per heavy atom. The first-order valence-corrected chi connectivity index (χ1v) is 9.68. The number of methoxy groups -OCH3 is 2. The Morgan fingerprint density at radius 1 is 1.10 bits per heavy atom. The Kier molecular flexibility index (Phi) is 4.78. The number of anilines is 2. The van der Waals surface area contributed by atoms with Crippen molar-refractivity contribution in [3.05, 3.63) is 59.3 Å². The third-order valence-electron chi connectivity index (χ3n) is 5.49. The van der Waals surface area contributed by atoms with Crippen LogP contribution < -0.4 is 19.7 Å². The molecule has 0 bridgehead atoms. The molecule has 0 radical (unpaired) electrons. The topological polar surface area (TPSA) is 74.7 Å². The van der Waals surface area contributed by atoms with E-state index in [9.17, 15) is 4.79 Å². The molecule has 0 unspecified atom stereocenters. The van der Waals surface area contributed by atoms with E-state index in [4.69, 9.17) is 14.9 Å². The molecule has 2 aromatic rings. The number of amidine groups is 1. The van der Waals surface area contributed by atoms with Crippen LogP contribution in [-0.4, -0.2) is 31.9 Å². The molecule has 2 heterocycles. The predicted molar refractivity (Wildman–Crippen MR) is 114 cm³/mol. The molecule has 29 heavy (non-hydrogen) atoms. The number of hydrogen-bond donors (Lipinski definition) is 2. The average molecular weight is 391 g/mol. The van der Waals surface area contributed by atoms with E-state index in [1.54, 1.807) is 25.2 Å². The van der Waals surface area contributed by atoms with Crippen LogP contribution in [0.2, 0.25) is 0 Å². The van der Waals surface area contributed by atoms with Gasteiger partial charge in [0.1, 0.15) is 23.4 Å². The van der Waals surface area contributed by atoms with Gasteiger partial charge in [0.25, 0.3) is 0 Å². The van der Waals surface area contributed by atoms with Gasteiger partial charge in [0.15, 0.2) is 5.78 Å². The summed E-state index contributed by atoms with van der Waals surface area (Å²) in [6, 6.07) is 13.0. The average Bonchev–Trinajstić information content (AvgIpc) is 3.25. The van der Waals surface area contributed by atoms with Crippen LogP contribution >= 0.6 is 0 Å². The maximum atomic E-state index is 13.4. The highest BCUT2D eigenvalue weighted by Crippen LogP contribution is 2.39. The molecule has 2 aliphatic rings. The Morgan fingerprint density at radius 3 is 2.34 bits per heavy atom. The van der Waals surface area contributed by atoms with E-state index in [-0.39, 0.29) is 17.5 Å². The summed E-state index contributed by atoms with van der Waals surface area (Å²) < 4.78 is 10.8. The zero-order valence-electron chi connectivity index (χ0n) is 17.1. The normalized spacial score (nSPS) is 20.9. The number of nitrogens with one attached hydrogen (secondary N) is 2. The molecule has 0 aromatic heterocycles. The second-order valence-electron chi connectivity index (χ2n) is 7.66. The molecule has 2 N–H and O–H groups in total. The Bertz CT molecular complexity index is 977. The number of allylic oxidation sites excluding steroid dienone is 1. The number of hydrogen-bond acceptors (Lipinski definition) is 5. The SMILES string of the molecule is COc1cc(OC)cc(N2C(=N)C(=C3Cc4ccccc4N3)C(=O)[C@@H]2C(C)C)c1. The summed E-state index contributed by atoms with van der Waals surface area (Å²) >= 11 is 0. The second kappa shape index (κ2) is 7.28. The molecule has 150 valence electrons. The first kappa shape index (κ1) is 19.1. The van der Waals surface area contributed by atoms with Crippen LogP contribution in [0.25, 0.3) is 0 Å². The number of ether oxygens (including phenoxy) is 2. The zero-order valence-corrected chi connectivity index (χ0v) is 17.1. The number of Topliss-reactive ketones (excluding diaryl/α,β-unsaturated/α-hetero) is 1. The predicted octanol–water partition coefficient (Wildman–Crippen LogP) is 4.02. The largest absolute Gasteiger partial charge is 0.497 e. The van der Waals surface area contributed by atoms with Crippen LogP contribution in [0.4, 0.5) is 11.4 Å². The number of rotatable bonds is 4. The van der Waals surface area contributed by atoms with Crippen molar-refractivity contribution in [3.63, 3.8) is 0 Å². The van der Waals surface area contributed by atoms with E-state index in [1.807, 2.05) is 50.2 Å². The fourth-order valence-corrected chi connectivity index (χ4v) is 4.10. The number of fused-ring (bicyclic) bond motifs is 1. The summed E-state index contributed by atoms with van der Waals surface area (Å²) in [5.41, 5.74) is 4.10. The molecule has 6 heteroatoms. The van der Waals surface area contributed by atoms with Gasteiger partial charge in [-0.15, -0.1) is 0 Å². The van der Waals surface area contributed by atoms with Gasteiger partial charge in [-0.25, -0.2) is 0 Å². The highest BCUT2D eigenvalue weighted by Gasteiger charge is 2.45. The maximum absolute atomic E-state index is 13.4. The van der Waals surface area contributed by atoms with Gasteiger partial charge >= 0.3 is 0 Å². The van der Waals surface area contributed by atoms with Gasteiger partial charge in [-0.3, -0.25) is 10.2 Å². The fourth-order valence-electron chi connectivity index (χ4n) is 4.10. The third-order valence-corrected chi connectivity index (χ3v) is 5.49. The minimum absolute atomic E-state index is 0.0258.